The van der Waals surface area contributed by atoms with E-state index in [0.29, 0.717) is 5.92 Å². The molecule has 4 heteroatoms. The third kappa shape index (κ3) is 6.10. The maximum absolute atomic E-state index is 5.30. The lowest BCUT2D eigenvalue weighted by Crippen LogP contribution is -2.24. The van der Waals surface area contributed by atoms with Crippen LogP contribution in [-0.2, 0) is 17.6 Å². The van der Waals surface area contributed by atoms with Gasteiger partial charge in [-0.25, -0.2) is 9.97 Å². The summed E-state index contributed by atoms with van der Waals surface area (Å²) in [7, 11) is 1.73. The third-order valence-corrected chi connectivity index (χ3v) is 3.81. The van der Waals surface area contributed by atoms with Gasteiger partial charge in [-0.05, 0) is 58.2 Å². The molecule has 0 aliphatic rings. The molecular weight excluding hydrogens is 262 g/mol. The molecule has 0 aliphatic carbocycles. The summed E-state index contributed by atoms with van der Waals surface area (Å²) in [5.74, 6) is 1.49. The zero-order chi connectivity index (χ0) is 15.8. The Morgan fingerprint density at radius 2 is 1.71 bits per heavy atom. The van der Waals surface area contributed by atoms with Gasteiger partial charge in [-0.2, -0.15) is 0 Å². The van der Waals surface area contributed by atoms with Crippen LogP contribution >= 0.6 is 0 Å². The molecule has 21 heavy (non-hydrogen) atoms. The predicted molar refractivity (Wildman–Crippen MR) is 87.7 cm³/mol. The second kappa shape index (κ2) is 9.11. The second-order valence-electron chi connectivity index (χ2n) is 6.05. The zero-order valence-corrected chi connectivity index (χ0v) is 14.5. The van der Waals surface area contributed by atoms with Crippen molar-refractivity contribution in [2.75, 3.05) is 20.2 Å². The zero-order valence-electron chi connectivity index (χ0n) is 14.5. The van der Waals surface area contributed by atoms with Crippen LogP contribution in [0.15, 0.2) is 0 Å². The fourth-order valence-corrected chi connectivity index (χ4v) is 2.48. The van der Waals surface area contributed by atoms with E-state index < -0.39 is 0 Å². The molecule has 0 aliphatic heterocycles. The second-order valence-corrected chi connectivity index (χ2v) is 6.05. The number of methoxy groups -OCH3 is 1. The first-order valence-corrected chi connectivity index (χ1v) is 8.04. The molecule has 0 spiro atoms. The van der Waals surface area contributed by atoms with Crippen LogP contribution in [0.1, 0.15) is 50.0 Å². The maximum Gasteiger partial charge on any atom is 0.131 e. The van der Waals surface area contributed by atoms with Gasteiger partial charge in [-0.1, -0.05) is 13.8 Å². The molecular formula is C17H31N3O. The van der Waals surface area contributed by atoms with Crippen LogP contribution < -0.4 is 5.32 Å². The molecule has 2 atom stereocenters. The first-order valence-electron chi connectivity index (χ1n) is 8.04. The van der Waals surface area contributed by atoms with E-state index in [4.69, 9.17) is 4.74 Å². The lowest BCUT2D eigenvalue weighted by atomic mass is 9.98. The van der Waals surface area contributed by atoms with Gasteiger partial charge in [-0.15, -0.1) is 0 Å². The van der Waals surface area contributed by atoms with Gasteiger partial charge in [0.15, 0.2) is 0 Å². The molecule has 4 nitrogen and oxygen atoms in total. The van der Waals surface area contributed by atoms with E-state index in [1.54, 1.807) is 7.11 Å². The highest BCUT2D eigenvalue weighted by molar-refractivity contribution is 5.25. The van der Waals surface area contributed by atoms with Crippen LogP contribution in [0, 0.1) is 19.8 Å². The number of nitrogens with one attached hydrogen (secondary N) is 1. The van der Waals surface area contributed by atoms with Crippen LogP contribution in [0.2, 0.25) is 0 Å². The minimum Gasteiger partial charge on any atom is -0.381 e. The van der Waals surface area contributed by atoms with Gasteiger partial charge in [0.05, 0.1) is 6.10 Å². The molecule has 0 amide bonds. The van der Waals surface area contributed by atoms with Crippen molar-refractivity contribution in [2.24, 2.45) is 5.92 Å². The van der Waals surface area contributed by atoms with Crippen molar-refractivity contribution in [3.05, 3.63) is 22.8 Å². The molecule has 1 heterocycles. The smallest absolute Gasteiger partial charge is 0.131 e. The normalized spacial score (nSPS) is 14.2. The summed E-state index contributed by atoms with van der Waals surface area (Å²) in [6, 6.07) is 0. The van der Waals surface area contributed by atoms with Gasteiger partial charge < -0.3 is 10.1 Å². The molecule has 120 valence electrons. The van der Waals surface area contributed by atoms with Crippen LogP contribution in [0.25, 0.3) is 0 Å². The molecule has 1 N–H and O–H groups in total. The molecule has 0 aromatic carbocycles. The SMILES string of the molecule is CCCNCC(C)Cc1c(C)nc(CC(C)OC)nc1C. The Kier molecular flexibility index (Phi) is 7.83. The standard InChI is InChI=1S/C17H31N3O/c1-7-8-18-11-12(2)9-16-14(4)19-17(20-15(16)5)10-13(3)21-6/h12-13,18H,7-11H2,1-6H3. The molecule has 0 radical (unpaired) electrons. The van der Waals surface area contributed by atoms with Crippen LogP contribution in [0.3, 0.4) is 0 Å². The number of ether oxygens (including phenoxy) is 1. The van der Waals surface area contributed by atoms with E-state index in [-0.39, 0.29) is 6.10 Å². The Morgan fingerprint density at radius 1 is 1.10 bits per heavy atom. The fourth-order valence-electron chi connectivity index (χ4n) is 2.48. The largest absolute Gasteiger partial charge is 0.381 e. The average Bonchev–Trinajstić information content (AvgIpc) is 2.43. The number of hydrogen-bond acceptors (Lipinski definition) is 4. The summed E-state index contributed by atoms with van der Waals surface area (Å²) in [5, 5.41) is 3.48. The summed E-state index contributed by atoms with van der Waals surface area (Å²) in [6.45, 7) is 12.8. The molecule has 0 bridgehead atoms. The average molecular weight is 293 g/mol. The lowest BCUT2D eigenvalue weighted by molar-refractivity contribution is 0.117. The Labute approximate surface area is 129 Å². The summed E-state index contributed by atoms with van der Waals surface area (Å²) < 4.78 is 5.30. The summed E-state index contributed by atoms with van der Waals surface area (Å²) in [6.07, 6.45) is 3.15. The van der Waals surface area contributed by atoms with Crippen molar-refractivity contribution in [1.82, 2.24) is 15.3 Å². The minimum atomic E-state index is 0.159. The summed E-state index contributed by atoms with van der Waals surface area (Å²) >= 11 is 0. The highest BCUT2D eigenvalue weighted by Gasteiger charge is 2.13. The molecule has 2 unspecified atom stereocenters. The number of aromatic nitrogens is 2. The predicted octanol–water partition coefficient (Wildman–Crippen LogP) is 2.85. The van der Waals surface area contributed by atoms with E-state index in [1.165, 1.54) is 12.0 Å². The van der Waals surface area contributed by atoms with E-state index in [2.05, 4.69) is 43.0 Å². The first-order chi connectivity index (χ1) is 9.97. The van der Waals surface area contributed by atoms with E-state index >= 15 is 0 Å². The van der Waals surface area contributed by atoms with E-state index in [1.807, 2.05) is 6.92 Å². The molecule has 1 rings (SSSR count). The van der Waals surface area contributed by atoms with Crippen molar-refractivity contribution in [2.45, 2.75) is 60.0 Å². The lowest BCUT2D eigenvalue weighted by Gasteiger charge is -2.17. The van der Waals surface area contributed by atoms with Gasteiger partial charge in [0.25, 0.3) is 0 Å². The van der Waals surface area contributed by atoms with Crippen LogP contribution in [0.5, 0.6) is 0 Å². The van der Waals surface area contributed by atoms with Gasteiger partial charge in [-0.3, -0.25) is 0 Å². The molecule has 0 saturated carbocycles. The van der Waals surface area contributed by atoms with Crippen molar-refractivity contribution >= 4 is 0 Å². The maximum atomic E-state index is 5.30. The molecule has 0 fully saturated rings. The molecule has 0 saturated heterocycles. The highest BCUT2D eigenvalue weighted by atomic mass is 16.5. The Balaban J connectivity index is 2.71. The molecule has 1 aromatic rings. The number of aryl methyl sites for hydroxylation is 2. The van der Waals surface area contributed by atoms with Crippen molar-refractivity contribution in [3.8, 4) is 0 Å². The Hall–Kier alpha value is -1.00. The van der Waals surface area contributed by atoms with Crippen LogP contribution in [0.4, 0.5) is 0 Å². The monoisotopic (exact) mass is 293 g/mol. The first kappa shape index (κ1) is 18.1. The fraction of sp³-hybridized carbons (Fsp3) is 0.765. The number of rotatable bonds is 9. The third-order valence-electron chi connectivity index (χ3n) is 3.81. The van der Waals surface area contributed by atoms with E-state index in [0.717, 1.165) is 43.1 Å². The van der Waals surface area contributed by atoms with Crippen molar-refractivity contribution in [1.29, 1.82) is 0 Å². The van der Waals surface area contributed by atoms with Gasteiger partial charge in [0.1, 0.15) is 5.82 Å². The van der Waals surface area contributed by atoms with Crippen molar-refractivity contribution in [3.63, 3.8) is 0 Å². The quantitative estimate of drug-likeness (QED) is 0.711. The highest BCUT2D eigenvalue weighted by Crippen LogP contribution is 2.16. The van der Waals surface area contributed by atoms with Crippen LogP contribution in [-0.4, -0.2) is 36.3 Å². The topological polar surface area (TPSA) is 47.0 Å². The minimum absolute atomic E-state index is 0.159. The molecule has 1 aromatic heterocycles. The number of nitrogens with zero attached hydrogens (tertiary/aromatic N) is 2. The van der Waals surface area contributed by atoms with Gasteiger partial charge in [0, 0.05) is 24.9 Å². The Bertz CT molecular complexity index is 411. The van der Waals surface area contributed by atoms with E-state index in [9.17, 15) is 0 Å². The van der Waals surface area contributed by atoms with Gasteiger partial charge in [0.2, 0.25) is 0 Å². The summed E-state index contributed by atoms with van der Waals surface area (Å²) in [5.41, 5.74) is 3.53. The Morgan fingerprint density at radius 3 is 2.24 bits per heavy atom. The summed E-state index contributed by atoms with van der Waals surface area (Å²) in [4.78, 5) is 9.32. The van der Waals surface area contributed by atoms with Crippen molar-refractivity contribution < 1.29 is 4.74 Å². The van der Waals surface area contributed by atoms with Gasteiger partial charge >= 0.3 is 0 Å². The number of hydrogen-bond donors (Lipinski definition) is 1.